The Morgan fingerprint density at radius 3 is 2.67 bits per heavy atom. The first kappa shape index (κ1) is 13.6. The Balaban J connectivity index is 1.82. The van der Waals surface area contributed by atoms with Gasteiger partial charge in [-0.3, -0.25) is 4.90 Å². The Bertz CT molecular complexity index is 362. The first-order chi connectivity index (χ1) is 8.53. The number of rotatable bonds is 4. The van der Waals surface area contributed by atoms with Crippen LogP contribution in [0.1, 0.15) is 32.1 Å². The average Bonchev–Trinajstić information content (AvgIpc) is 2.75. The Morgan fingerprint density at radius 2 is 2.00 bits per heavy atom. The summed E-state index contributed by atoms with van der Waals surface area (Å²) in [5.41, 5.74) is 1.36. The molecule has 0 bridgehead atoms. The quantitative estimate of drug-likeness (QED) is 0.889. The Labute approximate surface area is 109 Å². The number of furan rings is 1. The fourth-order valence-corrected chi connectivity index (χ4v) is 1.95. The zero-order valence-corrected chi connectivity index (χ0v) is 11.7. The lowest BCUT2D eigenvalue weighted by Crippen LogP contribution is -2.35. The average molecular weight is 252 g/mol. The van der Waals surface area contributed by atoms with Gasteiger partial charge in [-0.05, 0) is 26.8 Å². The third-order valence-electron chi connectivity index (χ3n) is 3.01. The molecule has 2 heterocycles. The lowest BCUT2D eigenvalue weighted by molar-refractivity contribution is 0.0313. The van der Waals surface area contributed by atoms with Gasteiger partial charge in [-0.2, -0.15) is 0 Å². The molecule has 102 valence electrons. The molecule has 0 saturated carbocycles. The zero-order chi connectivity index (χ0) is 13.0. The minimum Gasteiger partial charge on any atom is -0.468 e. The summed E-state index contributed by atoms with van der Waals surface area (Å²) < 4.78 is 10.9. The summed E-state index contributed by atoms with van der Waals surface area (Å²) in [5.74, 6) is 1.04. The monoisotopic (exact) mass is 252 g/mol. The standard InChI is InChI=1S/C14H24N2O2/c1-14(2,3)15-9-12-8-13(18-11-12)10-16-4-6-17-7-5-16/h8,11,15H,4-7,9-10H2,1-3H3. The lowest BCUT2D eigenvalue weighted by atomic mass is 10.1. The van der Waals surface area contributed by atoms with E-state index in [4.69, 9.17) is 9.15 Å². The van der Waals surface area contributed by atoms with Crippen LogP contribution in [0.15, 0.2) is 16.7 Å². The van der Waals surface area contributed by atoms with E-state index in [2.05, 4.69) is 37.1 Å². The van der Waals surface area contributed by atoms with Crippen LogP contribution in [-0.2, 0) is 17.8 Å². The van der Waals surface area contributed by atoms with Gasteiger partial charge in [0.05, 0.1) is 26.0 Å². The maximum atomic E-state index is 5.61. The first-order valence-electron chi connectivity index (χ1n) is 6.64. The maximum Gasteiger partial charge on any atom is 0.118 e. The molecule has 1 fully saturated rings. The molecular weight excluding hydrogens is 228 g/mol. The zero-order valence-electron chi connectivity index (χ0n) is 11.7. The van der Waals surface area contributed by atoms with Gasteiger partial charge in [-0.1, -0.05) is 0 Å². The molecule has 0 unspecified atom stereocenters. The van der Waals surface area contributed by atoms with E-state index < -0.39 is 0 Å². The third-order valence-corrected chi connectivity index (χ3v) is 3.01. The van der Waals surface area contributed by atoms with Gasteiger partial charge in [0.25, 0.3) is 0 Å². The second-order valence-electron chi connectivity index (χ2n) is 5.91. The fraction of sp³-hybridized carbons (Fsp3) is 0.714. The van der Waals surface area contributed by atoms with Gasteiger partial charge in [-0.15, -0.1) is 0 Å². The first-order valence-corrected chi connectivity index (χ1v) is 6.64. The number of nitrogens with one attached hydrogen (secondary N) is 1. The van der Waals surface area contributed by atoms with Crippen molar-refractivity contribution in [3.63, 3.8) is 0 Å². The van der Waals surface area contributed by atoms with E-state index in [1.807, 2.05) is 6.26 Å². The van der Waals surface area contributed by atoms with Crippen molar-refractivity contribution in [2.45, 2.75) is 39.4 Å². The van der Waals surface area contributed by atoms with Crippen LogP contribution in [-0.4, -0.2) is 36.7 Å². The Hall–Kier alpha value is -0.840. The van der Waals surface area contributed by atoms with Crippen LogP contribution in [0.5, 0.6) is 0 Å². The minimum absolute atomic E-state index is 0.141. The summed E-state index contributed by atoms with van der Waals surface area (Å²) in [6.07, 6.45) is 1.86. The van der Waals surface area contributed by atoms with E-state index >= 15 is 0 Å². The fourth-order valence-electron chi connectivity index (χ4n) is 1.95. The van der Waals surface area contributed by atoms with E-state index in [9.17, 15) is 0 Å². The van der Waals surface area contributed by atoms with Gasteiger partial charge in [-0.25, -0.2) is 0 Å². The van der Waals surface area contributed by atoms with E-state index in [-0.39, 0.29) is 5.54 Å². The molecule has 4 heteroatoms. The molecule has 1 aliphatic heterocycles. The smallest absolute Gasteiger partial charge is 0.118 e. The summed E-state index contributed by atoms with van der Waals surface area (Å²) in [5, 5.41) is 3.46. The molecule has 0 spiro atoms. The highest BCUT2D eigenvalue weighted by atomic mass is 16.5. The van der Waals surface area contributed by atoms with Crippen molar-refractivity contribution in [1.82, 2.24) is 10.2 Å². The van der Waals surface area contributed by atoms with Crippen LogP contribution in [0.2, 0.25) is 0 Å². The van der Waals surface area contributed by atoms with Gasteiger partial charge in [0.1, 0.15) is 5.76 Å². The number of ether oxygens (including phenoxy) is 1. The molecule has 1 aromatic heterocycles. The van der Waals surface area contributed by atoms with Crippen molar-refractivity contribution < 1.29 is 9.15 Å². The summed E-state index contributed by atoms with van der Waals surface area (Å²) >= 11 is 0. The van der Waals surface area contributed by atoms with Crippen LogP contribution in [0, 0.1) is 0 Å². The predicted octanol–water partition coefficient (Wildman–Crippen LogP) is 2.00. The highest BCUT2D eigenvalue weighted by molar-refractivity contribution is 5.13. The molecule has 2 rings (SSSR count). The maximum absolute atomic E-state index is 5.61. The predicted molar refractivity (Wildman–Crippen MR) is 71.4 cm³/mol. The van der Waals surface area contributed by atoms with E-state index in [1.54, 1.807) is 0 Å². The molecule has 1 aromatic rings. The number of hydrogen-bond acceptors (Lipinski definition) is 4. The van der Waals surface area contributed by atoms with Gasteiger partial charge < -0.3 is 14.5 Å². The van der Waals surface area contributed by atoms with E-state index in [1.165, 1.54) is 5.56 Å². The molecular formula is C14H24N2O2. The van der Waals surface area contributed by atoms with Gasteiger partial charge >= 0.3 is 0 Å². The van der Waals surface area contributed by atoms with Crippen molar-refractivity contribution >= 4 is 0 Å². The molecule has 0 radical (unpaired) electrons. The van der Waals surface area contributed by atoms with Crippen molar-refractivity contribution in [2.24, 2.45) is 0 Å². The highest BCUT2D eigenvalue weighted by Gasteiger charge is 2.14. The molecule has 0 atom stereocenters. The van der Waals surface area contributed by atoms with Crippen LogP contribution in [0.4, 0.5) is 0 Å². The lowest BCUT2D eigenvalue weighted by Gasteiger charge is -2.25. The van der Waals surface area contributed by atoms with Crippen molar-refractivity contribution in [3.8, 4) is 0 Å². The number of morpholine rings is 1. The number of nitrogens with zero attached hydrogens (tertiary/aromatic N) is 1. The second-order valence-corrected chi connectivity index (χ2v) is 5.91. The van der Waals surface area contributed by atoms with Gasteiger partial charge in [0, 0.05) is 30.7 Å². The Kier molecular flexibility index (Phi) is 4.43. The molecule has 1 saturated heterocycles. The van der Waals surface area contributed by atoms with Crippen LogP contribution < -0.4 is 5.32 Å². The molecule has 4 nitrogen and oxygen atoms in total. The summed E-state index contributed by atoms with van der Waals surface area (Å²) in [4.78, 5) is 2.36. The summed E-state index contributed by atoms with van der Waals surface area (Å²) in [6, 6.07) is 2.15. The molecule has 0 amide bonds. The molecule has 0 aromatic carbocycles. The highest BCUT2D eigenvalue weighted by Crippen LogP contribution is 2.12. The van der Waals surface area contributed by atoms with E-state index in [0.29, 0.717) is 0 Å². The second kappa shape index (κ2) is 5.87. The van der Waals surface area contributed by atoms with Crippen molar-refractivity contribution in [1.29, 1.82) is 0 Å². The van der Waals surface area contributed by atoms with Crippen LogP contribution in [0.25, 0.3) is 0 Å². The van der Waals surface area contributed by atoms with Crippen LogP contribution in [0.3, 0.4) is 0 Å². The summed E-state index contributed by atoms with van der Waals surface area (Å²) in [6.45, 7) is 11.9. The number of hydrogen-bond donors (Lipinski definition) is 1. The normalized spacial score (nSPS) is 18.2. The largest absolute Gasteiger partial charge is 0.468 e. The van der Waals surface area contributed by atoms with E-state index in [0.717, 1.165) is 45.2 Å². The summed E-state index contributed by atoms with van der Waals surface area (Å²) in [7, 11) is 0. The Morgan fingerprint density at radius 1 is 1.28 bits per heavy atom. The van der Waals surface area contributed by atoms with Crippen molar-refractivity contribution in [2.75, 3.05) is 26.3 Å². The third kappa shape index (κ3) is 4.44. The SMILES string of the molecule is CC(C)(C)NCc1coc(CN2CCOCC2)c1. The topological polar surface area (TPSA) is 37.6 Å². The molecule has 18 heavy (non-hydrogen) atoms. The van der Waals surface area contributed by atoms with Gasteiger partial charge in [0.2, 0.25) is 0 Å². The van der Waals surface area contributed by atoms with Crippen molar-refractivity contribution in [3.05, 3.63) is 23.7 Å². The molecule has 0 aliphatic carbocycles. The molecule has 1 N–H and O–H groups in total. The van der Waals surface area contributed by atoms with Crippen LogP contribution >= 0.6 is 0 Å². The molecule has 1 aliphatic rings. The van der Waals surface area contributed by atoms with Gasteiger partial charge in [0.15, 0.2) is 0 Å². The minimum atomic E-state index is 0.141.